The molecule has 0 atom stereocenters. The largest absolute Gasteiger partial charge is 0.488 e. The fraction of sp³-hybridized carbons (Fsp3) is 0.400. The number of hydrogen-bond acceptors (Lipinski definition) is 4. The Morgan fingerprint density at radius 2 is 2.11 bits per heavy atom. The summed E-state index contributed by atoms with van der Waals surface area (Å²) in [5.74, 6) is 0.974. The Morgan fingerprint density at radius 3 is 2.89 bits per heavy atom. The maximum atomic E-state index is 5.87. The third-order valence-corrected chi connectivity index (χ3v) is 3.73. The van der Waals surface area contributed by atoms with E-state index in [0.29, 0.717) is 6.61 Å². The van der Waals surface area contributed by atoms with Crippen LogP contribution in [0.5, 0.6) is 5.75 Å². The summed E-state index contributed by atoms with van der Waals surface area (Å²) in [5, 5.41) is 4.26. The summed E-state index contributed by atoms with van der Waals surface area (Å²) in [7, 11) is 0. The van der Waals surface area contributed by atoms with E-state index in [4.69, 9.17) is 4.74 Å². The number of thiazole rings is 1. The highest BCUT2D eigenvalue weighted by atomic mass is 32.1. The Balaban J connectivity index is 1.93. The van der Waals surface area contributed by atoms with Crippen molar-refractivity contribution >= 4 is 16.5 Å². The third kappa shape index (κ3) is 3.96. The summed E-state index contributed by atoms with van der Waals surface area (Å²) in [4.78, 5) is 5.48. The maximum absolute atomic E-state index is 5.87. The van der Waals surface area contributed by atoms with Crippen molar-refractivity contribution in [2.24, 2.45) is 0 Å². The van der Waals surface area contributed by atoms with Gasteiger partial charge in [0.25, 0.3) is 0 Å². The molecule has 1 aromatic carbocycles. The predicted octanol–water partition coefficient (Wildman–Crippen LogP) is 4.11. The first-order valence-corrected chi connectivity index (χ1v) is 7.54. The summed E-state index contributed by atoms with van der Waals surface area (Å²) in [6.45, 7) is 5.84. The second-order valence-electron chi connectivity index (χ2n) is 4.31. The van der Waals surface area contributed by atoms with Gasteiger partial charge >= 0.3 is 0 Å². The molecule has 102 valence electrons. The molecule has 0 unspecified atom stereocenters. The Kier molecular flexibility index (Phi) is 5.21. The number of hydrogen-bond donors (Lipinski definition) is 1. The first-order valence-electron chi connectivity index (χ1n) is 6.72. The average molecular weight is 276 g/mol. The van der Waals surface area contributed by atoms with Crippen molar-refractivity contribution in [2.45, 2.75) is 33.3 Å². The molecule has 1 aromatic heterocycles. The van der Waals surface area contributed by atoms with Gasteiger partial charge in [0.15, 0.2) is 5.13 Å². The maximum Gasteiger partial charge on any atom is 0.182 e. The zero-order valence-electron chi connectivity index (χ0n) is 11.5. The summed E-state index contributed by atoms with van der Waals surface area (Å²) in [5.41, 5.74) is 1.25. The van der Waals surface area contributed by atoms with Crippen molar-refractivity contribution in [1.29, 1.82) is 0 Å². The van der Waals surface area contributed by atoms with Gasteiger partial charge in [0.2, 0.25) is 0 Å². The Labute approximate surface area is 118 Å². The first kappa shape index (κ1) is 13.9. The smallest absolute Gasteiger partial charge is 0.182 e. The molecule has 2 aromatic rings. The van der Waals surface area contributed by atoms with Crippen LogP contribution in [-0.4, -0.2) is 11.5 Å². The minimum absolute atomic E-state index is 0.586. The highest BCUT2D eigenvalue weighted by Gasteiger charge is 2.04. The van der Waals surface area contributed by atoms with Gasteiger partial charge in [-0.3, -0.25) is 0 Å². The number of nitrogens with zero attached hydrogens (tertiary/aromatic N) is 1. The molecule has 4 heteroatoms. The molecule has 0 amide bonds. The van der Waals surface area contributed by atoms with Crippen LogP contribution in [0, 0.1) is 0 Å². The zero-order valence-corrected chi connectivity index (χ0v) is 12.3. The predicted molar refractivity (Wildman–Crippen MR) is 81.0 cm³/mol. The van der Waals surface area contributed by atoms with Crippen LogP contribution in [0.4, 0.5) is 5.13 Å². The first-order chi connectivity index (χ1) is 9.33. The average Bonchev–Trinajstić information content (AvgIpc) is 2.91. The number of rotatable bonds is 7. The van der Waals surface area contributed by atoms with Gasteiger partial charge in [-0.25, -0.2) is 4.98 Å². The number of nitrogens with one attached hydrogen (secondary N) is 1. The number of benzene rings is 1. The summed E-state index contributed by atoms with van der Waals surface area (Å²) < 4.78 is 5.87. The fourth-order valence-corrected chi connectivity index (χ4v) is 2.52. The lowest BCUT2D eigenvalue weighted by Gasteiger charge is -2.08. The van der Waals surface area contributed by atoms with Gasteiger partial charge in [0, 0.05) is 12.7 Å². The molecule has 0 bridgehead atoms. The minimum Gasteiger partial charge on any atom is -0.488 e. The van der Waals surface area contributed by atoms with Crippen LogP contribution in [0.15, 0.2) is 30.5 Å². The van der Waals surface area contributed by atoms with Gasteiger partial charge in [0.05, 0.1) is 4.88 Å². The molecule has 0 aliphatic heterocycles. The third-order valence-electron chi connectivity index (χ3n) is 2.80. The zero-order chi connectivity index (χ0) is 13.5. The van der Waals surface area contributed by atoms with E-state index in [1.807, 2.05) is 24.4 Å². The lowest BCUT2D eigenvalue weighted by atomic mass is 10.1. The highest BCUT2D eigenvalue weighted by molar-refractivity contribution is 7.15. The second kappa shape index (κ2) is 7.14. The van der Waals surface area contributed by atoms with Crippen LogP contribution in [0.2, 0.25) is 0 Å². The lowest BCUT2D eigenvalue weighted by Crippen LogP contribution is -1.98. The van der Waals surface area contributed by atoms with E-state index < -0.39 is 0 Å². The van der Waals surface area contributed by atoms with Crippen LogP contribution in [0.3, 0.4) is 0 Å². The van der Waals surface area contributed by atoms with E-state index >= 15 is 0 Å². The number of aromatic nitrogens is 1. The van der Waals surface area contributed by atoms with E-state index in [9.17, 15) is 0 Å². The van der Waals surface area contributed by atoms with E-state index in [1.54, 1.807) is 11.3 Å². The lowest BCUT2D eigenvalue weighted by molar-refractivity contribution is 0.306. The molecule has 2 rings (SSSR count). The van der Waals surface area contributed by atoms with Gasteiger partial charge in [0.1, 0.15) is 12.4 Å². The Hall–Kier alpha value is -1.55. The Bertz CT molecular complexity index is 510. The van der Waals surface area contributed by atoms with Crippen LogP contribution in [-0.2, 0) is 13.0 Å². The van der Waals surface area contributed by atoms with Crippen molar-refractivity contribution < 1.29 is 4.74 Å². The van der Waals surface area contributed by atoms with E-state index in [1.165, 1.54) is 5.56 Å². The normalized spacial score (nSPS) is 10.4. The summed E-state index contributed by atoms with van der Waals surface area (Å²) >= 11 is 1.66. The monoisotopic (exact) mass is 276 g/mol. The number of aryl methyl sites for hydroxylation is 1. The summed E-state index contributed by atoms with van der Waals surface area (Å²) in [6, 6.07) is 8.19. The molecule has 0 aliphatic rings. The van der Waals surface area contributed by atoms with Crippen LogP contribution >= 0.6 is 11.3 Å². The number of ether oxygens (including phenoxy) is 1. The molecule has 1 heterocycles. The Morgan fingerprint density at radius 1 is 1.26 bits per heavy atom. The SMILES string of the molecule is CCCNc1ncc(COc2ccccc2CC)s1. The summed E-state index contributed by atoms with van der Waals surface area (Å²) in [6.07, 6.45) is 3.98. The quantitative estimate of drug-likeness (QED) is 0.826. The van der Waals surface area contributed by atoms with Gasteiger partial charge < -0.3 is 10.1 Å². The molecule has 0 fully saturated rings. The number of anilines is 1. The fourth-order valence-electron chi connectivity index (χ4n) is 1.77. The van der Waals surface area contributed by atoms with Crippen molar-refractivity contribution in [3.8, 4) is 5.75 Å². The molecule has 0 spiro atoms. The molecule has 0 radical (unpaired) electrons. The highest BCUT2D eigenvalue weighted by Crippen LogP contribution is 2.23. The van der Waals surface area contributed by atoms with E-state index in [2.05, 4.69) is 30.2 Å². The van der Waals surface area contributed by atoms with Crippen LogP contribution in [0.25, 0.3) is 0 Å². The van der Waals surface area contributed by atoms with Crippen molar-refractivity contribution in [3.63, 3.8) is 0 Å². The van der Waals surface area contributed by atoms with Gasteiger partial charge in [-0.15, -0.1) is 0 Å². The van der Waals surface area contributed by atoms with Gasteiger partial charge in [-0.05, 0) is 24.5 Å². The standard InChI is InChI=1S/C15H20N2OS/c1-3-9-16-15-17-10-13(19-15)11-18-14-8-6-5-7-12(14)4-2/h5-8,10H,3-4,9,11H2,1-2H3,(H,16,17). The molecular weight excluding hydrogens is 256 g/mol. The molecule has 0 saturated heterocycles. The second-order valence-corrected chi connectivity index (χ2v) is 5.42. The minimum atomic E-state index is 0.586. The number of para-hydroxylation sites is 1. The molecule has 0 saturated carbocycles. The van der Waals surface area contributed by atoms with Crippen molar-refractivity contribution in [3.05, 3.63) is 40.9 Å². The van der Waals surface area contributed by atoms with Gasteiger partial charge in [-0.2, -0.15) is 0 Å². The van der Waals surface area contributed by atoms with Crippen LogP contribution in [0.1, 0.15) is 30.7 Å². The molecule has 1 N–H and O–H groups in total. The van der Waals surface area contributed by atoms with Crippen molar-refractivity contribution in [2.75, 3.05) is 11.9 Å². The topological polar surface area (TPSA) is 34.2 Å². The molecular formula is C15H20N2OS. The molecule has 3 nitrogen and oxygen atoms in total. The van der Waals surface area contributed by atoms with Crippen LogP contribution < -0.4 is 10.1 Å². The molecule has 0 aliphatic carbocycles. The van der Waals surface area contributed by atoms with E-state index in [0.717, 1.165) is 35.1 Å². The van der Waals surface area contributed by atoms with E-state index in [-0.39, 0.29) is 0 Å². The van der Waals surface area contributed by atoms with Crippen molar-refractivity contribution in [1.82, 2.24) is 4.98 Å². The molecule has 19 heavy (non-hydrogen) atoms. The van der Waals surface area contributed by atoms with Gasteiger partial charge in [-0.1, -0.05) is 43.4 Å².